The minimum Gasteiger partial charge on any atom is -0.249 e. The average molecular weight is 469 g/mol. The van der Waals surface area contributed by atoms with E-state index in [0.29, 0.717) is 5.92 Å². The van der Waals surface area contributed by atoms with E-state index >= 15 is 0 Å². The third-order valence-corrected chi connectivity index (χ3v) is 5.56. The van der Waals surface area contributed by atoms with Gasteiger partial charge in [-0.25, -0.2) is 17.2 Å². The second kappa shape index (κ2) is 16.1. The van der Waals surface area contributed by atoms with E-state index in [4.69, 9.17) is 0 Å². The molecule has 33 heavy (non-hydrogen) atoms. The number of hydrogen-bond acceptors (Lipinski definition) is 0. The van der Waals surface area contributed by atoms with Crippen LogP contribution < -0.4 is 0 Å². The van der Waals surface area contributed by atoms with Crippen LogP contribution in [-0.4, -0.2) is 0 Å². The van der Waals surface area contributed by atoms with Crippen molar-refractivity contribution in [3.8, 4) is 0 Å². The first kappa shape index (κ1) is 28.5. The molecule has 0 saturated heterocycles. The molecule has 1 atom stereocenters. The predicted molar refractivity (Wildman–Crippen MR) is 140 cm³/mol. The Balaban J connectivity index is 0.000000223. The third-order valence-electron chi connectivity index (χ3n) is 5.56. The summed E-state index contributed by atoms with van der Waals surface area (Å²) in [6.45, 7) is 15.7. The molecule has 0 aromatic heterocycles. The van der Waals surface area contributed by atoms with Gasteiger partial charge in [-0.15, -0.1) is 36.4 Å². The Labute approximate surface area is 217 Å². The van der Waals surface area contributed by atoms with Gasteiger partial charge < -0.3 is 0 Å². The third kappa shape index (κ3) is 11.2. The molecule has 0 N–H and O–H groups in total. The molecule has 0 heterocycles. The fourth-order valence-electron chi connectivity index (χ4n) is 3.59. The molecule has 1 unspecified atom stereocenters. The van der Waals surface area contributed by atoms with Gasteiger partial charge >= 0.3 is 21.7 Å². The monoisotopic (exact) mass is 468 g/mol. The van der Waals surface area contributed by atoms with E-state index < -0.39 is 0 Å². The van der Waals surface area contributed by atoms with Gasteiger partial charge in [0.25, 0.3) is 0 Å². The van der Waals surface area contributed by atoms with Crippen molar-refractivity contribution in [3.63, 3.8) is 0 Å². The van der Waals surface area contributed by atoms with Crippen LogP contribution in [0.5, 0.6) is 0 Å². The van der Waals surface area contributed by atoms with Gasteiger partial charge in [0.15, 0.2) is 0 Å². The molecule has 3 aromatic rings. The van der Waals surface area contributed by atoms with E-state index in [1.54, 1.807) is 11.1 Å². The minimum atomic E-state index is 0. The molecule has 2 aliphatic rings. The molecule has 3 aromatic carbocycles. The number of allylic oxidation sites excluding steroid dienone is 4. The Morgan fingerprint density at radius 2 is 1.00 bits per heavy atom. The van der Waals surface area contributed by atoms with Crippen molar-refractivity contribution in [2.75, 3.05) is 0 Å². The summed E-state index contributed by atoms with van der Waals surface area (Å²) >= 11 is 0. The SMILES string of the molecule is CC1=[C-]C2=C(CCCC2)C1C.[CH2-]c1ccccc1.[CH2-]c1ccccc1.[CH2-]c1ccccc1.[Ti+4]. The maximum absolute atomic E-state index is 3.72. The molecule has 0 aliphatic heterocycles. The Morgan fingerprint density at radius 3 is 1.30 bits per heavy atom. The van der Waals surface area contributed by atoms with Crippen molar-refractivity contribution in [2.45, 2.75) is 39.5 Å². The summed E-state index contributed by atoms with van der Waals surface area (Å²) in [7, 11) is 0. The maximum Gasteiger partial charge on any atom is 4.00 e. The summed E-state index contributed by atoms with van der Waals surface area (Å²) in [5.74, 6) is 0.713. The van der Waals surface area contributed by atoms with Crippen molar-refractivity contribution in [3.05, 3.63) is 151 Å². The molecule has 0 nitrogen and oxygen atoms in total. The maximum atomic E-state index is 3.72. The number of benzene rings is 3. The fourth-order valence-corrected chi connectivity index (χ4v) is 3.59. The average Bonchev–Trinajstić information content (AvgIpc) is 3.10. The zero-order valence-electron chi connectivity index (χ0n) is 20.2. The summed E-state index contributed by atoms with van der Waals surface area (Å²) in [5.41, 5.74) is 7.90. The van der Waals surface area contributed by atoms with Crippen LogP contribution in [0, 0.1) is 32.8 Å². The van der Waals surface area contributed by atoms with Crippen LogP contribution in [0.1, 0.15) is 56.2 Å². The van der Waals surface area contributed by atoms with Gasteiger partial charge in [0.1, 0.15) is 0 Å². The van der Waals surface area contributed by atoms with E-state index in [1.807, 2.05) is 91.0 Å². The van der Waals surface area contributed by atoms with E-state index in [9.17, 15) is 0 Å². The summed E-state index contributed by atoms with van der Waals surface area (Å²) in [5, 5.41) is 0. The van der Waals surface area contributed by atoms with Gasteiger partial charge in [0.2, 0.25) is 0 Å². The Kier molecular flexibility index (Phi) is 13.9. The molecular weight excluding hydrogens is 432 g/mol. The van der Waals surface area contributed by atoms with E-state index in [-0.39, 0.29) is 21.7 Å². The minimum absolute atomic E-state index is 0. The van der Waals surface area contributed by atoms with Crippen molar-refractivity contribution >= 4 is 0 Å². The van der Waals surface area contributed by atoms with Gasteiger partial charge in [-0.3, -0.25) is 0 Å². The number of rotatable bonds is 0. The molecule has 0 bridgehead atoms. The Morgan fingerprint density at radius 1 is 0.636 bits per heavy atom. The first-order valence-electron chi connectivity index (χ1n) is 11.4. The molecule has 5 rings (SSSR count). The van der Waals surface area contributed by atoms with Gasteiger partial charge in [-0.1, -0.05) is 63.6 Å². The van der Waals surface area contributed by atoms with Crippen LogP contribution in [0.4, 0.5) is 0 Å². The van der Waals surface area contributed by atoms with Gasteiger partial charge in [-0.2, -0.15) is 79.4 Å². The van der Waals surface area contributed by atoms with Gasteiger partial charge in [0.05, 0.1) is 0 Å². The van der Waals surface area contributed by atoms with Crippen LogP contribution in [-0.2, 0) is 21.7 Å². The topological polar surface area (TPSA) is 0 Å². The first-order valence-corrected chi connectivity index (χ1v) is 11.4. The number of hydrogen-bond donors (Lipinski definition) is 0. The summed E-state index contributed by atoms with van der Waals surface area (Å²) in [4.78, 5) is 0. The van der Waals surface area contributed by atoms with Crippen LogP contribution in [0.3, 0.4) is 0 Å². The molecular formula is C32H36Ti. The molecule has 2 aliphatic carbocycles. The summed E-state index contributed by atoms with van der Waals surface area (Å²) in [6.07, 6.45) is 8.91. The largest absolute Gasteiger partial charge is 4.00 e. The molecule has 0 amide bonds. The molecule has 0 saturated carbocycles. The molecule has 168 valence electrons. The quantitative estimate of drug-likeness (QED) is 0.228. The standard InChI is InChI=1S/C11H15.3C7H7.Ti/c1-8-7-10-5-3-4-6-11(10)9(8)2;3*1-7-5-3-2-4-6-7;/h9H,3-6H2,1-2H3;3*2-6H,1H2;/q4*-1;+4. The smallest absolute Gasteiger partial charge is 0.249 e. The summed E-state index contributed by atoms with van der Waals surface area (Å²) in [6, 6.07) is 29.6. The van der Waals surface area contributed by atoms with Crippen molar-refractivity contribution in [1.29, 1.82) is 0 Å². The van der Waals surface area contributed by atoms with E-state index in [0.717, 1.165) is 16.7 Å². The predicted octanol–water partition coefficient (Wildman–Crippen LogP) is 8.86. The van der Waals surface area contributed by atoms with Crippen LogP contribution >= 0.6 is 0 Å². The molecule has 0 spiro atoms. The summed E-state index contributed by atoms with van der Waals surface area (Å²) < 4.78 is 0. The molecule has 1 heteroatoms. The van der Waals surface area contributed by atoms with Gasteiger partial charge in [0, 0.05) is 0 Å². The van der Waals surface area contributed by atoms with Crippen LogP contribution in [0.15, 0.2) is 108 Å². The Bertz CT molecular complexity index is 864. The van der Waals surface area contributed by atoms with Crippen LogP contribution in [0.2, 0.25) is 0 Å². The van der Waals surface area contributed by atoms with Crippen molar-refractivity contribution < 1.29 is 21.7 Å². The van der Waals surface area contributed by atoms with Crippen molar-refractivity contribution in [1.82, 2.24) is 0 Å². The molecule has 0 radical (unpaired) electrons. The first-order chi connectivity index (χ1) is 15.5. The van der Waals surface area contributed by atoms with Crippen molar-refractivity contribution in [2.24, 2.45) is 5.92 Å². The zero-order chi connectivity index (χ0) is 23.2. The van der Waals surface area contributed by atoms with Crippen LogP contribution in [0.25, 0.3) is 0 Å². The zero-order valence-corrected chi connectivity index (χ0v) is 21.7. The second-order valence-corrected chi connectivity index (χ2v) is 8.20. The molecule has 0 fully saturated rings. The normalized spacial score (nSPS) is 15.6. The Hall–Kier alpha value is -2.54. The van der Waals surface area contributed by atoms with Gasteiger partial charge in [-0.05, 0) is 0 Å². The second-order valence-electron chi connectivity index (χ2n) is 8.20. The fraction of sp³-hybridized carbons (Fsp3) is 0.219. The van der Waals surface area contributed by atoms with E-state index in [1.165, 1.54) is 31.3 Å². The van der Waals surface area contributed by atoms with E-state index in [2.05, 4.69) is 40.7 Å².